The van der Waals surface area contributed by atoms with Crippen LogP contribution < -0.4 is 10.6 Å². The molecule has 3 rings (SSSR count). The molecule has 0 saturated heterocycles. The Hall–Kier alpha value is -2.68. The number of amides is 1. The molecule has 3 aromatic rings. The summed E-state index contributed by atoms with van der Waals surface area (Å²) in [7, 11) is 0. The molecule has 0 atom stereocenters. The van der Waals surface area contributed by atoms with Crippen molar-refractivity contribution < 1.29 is 4.79 Å². The molecule has 0 aromatic carbocycles. The second-order valence-electron chi connectivity index (χ2n) is 5.81. The van der Waals surface area contributed by atoms with Gasteiger partial charge in [-0.15, -0.1) is 0 Å². The van der Waals surface area contributed by atoms with Crippen LogP contribution in [0.25, 0.3) is 11.0 Å². The van der Waals surface area contributed by atoms with Gasteiger partial charge in [0.2, 0.25) is 0 Å². The number of hydrogen-bond donors (Lipinski definition) is 2. The van der Waals surface area contributed by atoms with Crippen molar-refractivity contribution in [3.8, 4) is 0 Å². The van der Waals surface area contributed by atoms with E-state index in [2.05, 4.69) is 44.5 Å². The van der Waals surface area contributed by atoms with Gasteiger partial charge in [0.25, 0.3) is 5.91 Å². The lowest BCUT2D eigenvalue weighted by Gasteiger charge is -2.09. The molecule has 2 N–H and O–H groups in total. The van der Waals surface area contributed by atoms with Gasteiger partial charge in [0, 0.05) is 31.0 Å². The topological polar surface area (TPSA) is 97.6 Å². The second-order valence-corrected chi connectivity index (χ2v) is 7.04. The molecule has 9 heteroatoms. The van der Waals surface area contributed by atoms with Crippen molar-refractivity contribution in [2.75, 3.05) is 24.2 Å². The number of carbonyl (C=O) groups is 1. The van der Waals surface area contributed by atoms with E-state index in [0.29, 0.717) is 18.7 Å². The third kappa shape index (κ3) is 4.73. The first kappa shape index (κ1) is 19.1. The van der Waals surface area contributed by atoms with Gasteiger partial charge in [-0.25, -0.2) is 14.6 Å². The van der Waals surface area contributed by atoms with E-state index >= 15 is 0 Å². The molecular weight excluding hydrogens is 362 g/mol. The molecule has 0 unspecified atom stereocenters. The first-order chi connectivity index (χ1) is 13.2. The van der Waals surface area contributed by atoms with E-state index in [4.69, 9.17) is 0 Å². The maximum atomic E-state index is 12.1. The van der Waals surface area contributed by atoms with E-state index in [1.54, 1.807) is 47.2 Å². The zero-order valence-electron chi connectivity index (χ0n) is 15.5. The van der Waals surface area contributed by atoms with Crippen molar-refractivity contribution in [2.24, 2.45) is 0 Å². The van der Waals surface area contributed by atoms with Crippen LogP contribution in [0.15, 0.2) is 35.9 Å². The van der Waals surface area contributed by atoms with Crippen LogP contribution in [-0.4, -0.2) is 49.5 Å². The highest BCUT2D eigenvalue weighted by Gasteiger charge is 2.13. The number of pyridine rings is 1. The highest BCUT2D eigenvalue weighted by atomic mass is 32.2. The molecule has 0 aliphatic carbocycles. The zero-order valence-corrected chi connectivity index (χ0v) is 16.3. The Balaban J connectivity index is 1.74. The molecule has 0 saturated carbocycles. The molecule has 3 aromatic heterocycles. The van der Waals surface area contributed by atoms with E-state index in [1.807, 2.05) is 0 Å². The molecule has 0 radical (unpaired) electrons. The van der Waals surface area contributed by atoms with Crippen molar-refractivity contribution in [1.29, 1.82) is 0 Å². The molecule has 0 aliphatic rings. The van der Waals surface area contributed by atoms with Gasteiger partial charge < -0.3 is 10.6 Å². The molecule has 0 bridgehead atoms. The predicted octanol–water partition coefficient (Wildman–Crippen LogP) is 2.59. The Morgan fingerprint density at radius 1 is 1.19 bits per heavy atom. The Kier molecular flexibility index (Phi) is 6.59. The number of fused-ring (bicyclic) bond motifs is 1. The molecule has 27 heavy (non-hydrogen) atoms. The number of carbonyl (C=O) groups excluding carboxylic acids is 1. The summed E-state index contributed by atoms with van der Waals surface area (Å²) in [4.78, 5) is 25.3. The summed E-state index contributed by atoms with van der Waals surface area (Å²) < 4.78 is 1.81. The molecule has 142 valence electrons. The van der Waals surface area contributed by atoms with Gasteiger partial charge in [0.05, 0.1) is 18.1 Å². The summed E-state index contributed by atoms with van der Waals surface area (Å²) in [6, 6.07) is 3.37. The van der Waals surface area contributed by atoms with Crippen molar-refractivity contribution in [1.82, 2.24) is 30.0 Å². The van der Waals surface area contributed by atoms with Gasteiger partial charge in [-0.1, -0.05) is 25.6 Å². The monoisotopic (exact) mass is 385 g/mol. The highest BCUT2D eigenvalue weighted by Crippen LogP contribution is 2.24. The van der Waals surface area contributed by atoms with E-state index in [9.17, 15) is 4.79 Å². The summed E-state index contributed by atoms with van der Waals surface area (Å²) in [6.07, 6.45) is 5.99. The summed E-state index contributed by atoms with van der Waals surface area (Å²) in [5, 5.41) is 12.3. The van der Waals surface area contributed by atoms with Gasteiger partial charge >= 0.3 is 0 Å². The number of hydrogen-bond acceptors (Lipinski definition) is 7. The molecule has 3 heterocycles. The minimum absolute atomic E-state index is 0.129. The van der Waals surface area contributed by atoms with Crippen LogP contribution in [0.2, 0.25) is 0 Å². The fourth-order valence-corrected chi connectivity index (χ4v) is 3.12. The molecule has 1 amide bonds. The van der Waals surface area contributed by atoms with Crippen molar-refractivity contribution in [2.45, 2.75) is 32.0 Å². The van der Waals surface area contributed by atoms with Gasteiger partial charge in [-0.3, -0.25) is 9.78 Å². The zero-order chi connectivity index (χ0) is 19.1. The van der Waals surface area contributed by atoms with E-state index < -0.39 is 0 Å². The largest absolute Gasteiger partial charge is 0.369 e. The lowest BCUT2D eigenvalue weighted by Crippen LogP contribution is -2.27. The molecule has 8 nitrogen and oxygen atoms in total. The maximum Gasteiger partial charge on any atom is 0.251 e. The van der Waals surface area contributed by atoms with E-state index in [1.165, 1.54) is 0 Å². The number of anilines is 1. The van der Waals surface area contributed by atoms with Crippen LogP contribution in [0.1, 0.15) is 30.6 Å². The first-order valence-electron chi connectivity index (χ1n) is 9.01. The van der Waals surface area contributed by atoms with Crippen LogP contribution in [-0.2, 0) is 6.54 Å². The summed E-state index contributed by atoms with van der Waals surface area (Å²) in [5.41, 5.74) is 1.36. The third-order valence-corrected chi connectivity index (χ3v) is 4.57. The Morgan fingerprint density at radius 3 is 2.74 bits per heavy atom. The van der Waals surface area contributed by atoms with Crippen LogP contribution >= 0.6 is 11.8 Å². The van der Waals surface area contributed by atoms with Crippen LogP contribution in [0.5, 0.6) is 0 Å². The van der Waals surface area contributed by atoms with Crippen molar-refractivity contribution in [3.05, 3.63) is 36.3 Å². The molecule has 0 aliphatic heterocycles. The Labute approximate surface area is 162 Å². The number of rotatable bonds is 9. The Morgan fingerprint density at radius 2 is 2.00 bits per heavy atom. The first-order valence-corrected chi connectivity index (χ1v) is 10.00. The van der Waals surface area contributed by atoms with E-state index in [-0.39, 0.29) is 5.91 Å². The van der Waals surface area contributed by atoms with Gasteiger partial charge in [-0.2, -0.15) is 5.10 Å². The lowest BCUT2D eigenvalue weighted by atomic mass is 10.2. The molecular formula is C18H23N7OS. The van der Waals surface area contributed by atoms with Crippen LogP contribution in [0.4, 0.5) is 5.82 Å². The fourth-order valence-electron chi connectivity index (χ4n) is 2.55. The summed E-state index contributed by atoms with van der Waals surface area (Å²) in [6.45, 7) is 6.01. The van der Waals surface area contributed by atoms with E-state index in [0.717, 1.165) is 40.7 Å². The minimum Gasteiger partial charge on any atom is -0.369 e. The number of nitrogens with one attached hydrogen (secondary N) is 2. The maximum absolute atomic E-state index is 12.1. The minimum atomic E-state index is -0.129. The highest BCUT2D eigenvalue weighted by molar-refractivity contribution is 7.99. The molecule has 0 spiro atoms. The predicted molar refractivity (Wildman–Crippen MR) is 107 cm³/mol. The summed E-state index contributed by atoms with van der Waals surface area (Å²) in [5.74, 6) is 1.58. The smallest absolute Gasteiger partial charge is 0.251 e. The quantitative estimate of drug-likeness (QED) is 0.431. The number of nitrogens with zero attached hydrogens (tertiary/aromatic N) is 5. The standard InChI is InChI=1S/C18H23N7OS/c1-3-7-20-15-14-12-22-25(16(14)24-18(23-15)27-4-2)11-10-21-17(26)13-5-8-19-9-6-13/h5-6,8-9,12H,3-4,7,10-11H2,1-2H3,(H,21,26)(H,20,23,24). The van der Waals surface area contributed by atoms with Crippen molar-refractivity contribution >= 4 is 34.5 Å². The average Bonchev–Trinajstić information content (AvgIpc) is 3.10. The second kappa shape index (κ2) is 9.31. The summed E-state index contributed by atoms with van der Waals surface area (Å²) >= 11 is 1.60. The van der Waals surface area contributed by atoms with Gasteiger partial charge in [0.1, 0.15) is 5.82 Å². The fraction of sp³-hybridized carbons (Fsp3) is 0.389. The van der Waals surface area contributed by atoms with Crippen LogP contribution in [0.3, 0.4) is 0 Å². The van der Waals surface area contributed by atoms with Gasteiger partial charge in [0.15, 0.2) is 10.8 Å². The number of thioether (sulfide) groups is 1. The molecule has 0 fully saturated rings. The SMILES string of the molecule is CCCNc1nc(SCC)nc2c1cnn2CCNC(=O)c1ccncc1. The lowest BCUT2D eigenvalue weighted by molar-refractivity contribution is 0.0952. The normalized spacial score (nSPS) is 10.9. The number of aromatic nitrogens is 5. The Bertz CT molecular complexity index is 897. The third-order valence-electron chi connectivity index (χ3n) is 3.84. The van der Waals surface area contributed by atoms with Crippen LogP contribution in [0, 0.1) is 0 Å². The van der Waals surface area contributed by atoms with Gasteiger partial charge in [-0.05, 0) is 24.3 Å². The average molecular weight is 385 g/mol. The van der Waals surface area contributed by atoms with Crippen molar-refractivity contribution in [3.63, 3.8) is 0 Å².